The molecule has 3 nitrogen and oxygen atoms in total. The van der Waals surface area contributed by atoms with Crippen molar-refractivity contribution in [3.05, 3.63) is 58.1 Å². The highest BCUT2D eigenvalue weighted by atomic mass is 35.5. The summed E-state index contributed by atoms with van der Waals surface area (Å²) in [4.78, 5) is 0. The van der Waals surface area contributed by atoms with Crippen molar-refractivity contribution in [2.24, 2.45) is 5.73 Å². The maximum atomic E-state index is 13.3. The summed E-state index contributed by atoms with van der Waals surface area (Å²) in [5.41, 5.74) is 6.91. The minimum Gasteiger partial charge on any atom is -0.493 e. The maximum absolute atomic E-state index is 13.3. The molecule has 2 aromatic rings. The Morgan fingerprint density at radius 3 is 2.05 bits per heavy atom. The summed E-state index contributed by atoms with van der Waals surface area (Å²) in [5, 5.41) is 0.305. The lowest BCUT2D eigenvalue weighted by molar-refractivity contribution is 0.354. The van der Waals surface area contributed by atoms with Crippen molar-refractivity contribution in [1.82, 2.24) is 0 Å². The van der Waals surface area contributed by atoms with Crippen molar-refractivity contribution in [2.45, 2.75) is 6.04 Å². The number of halogens is 3. The molecular formula is C15H14ClF2NO2. The quantitative estimate of drug-likeness (QED) is 0.936. The zero-order valence-electron chi connectivity index (χ0n) is 11.5. The molecule has 0 aliphatic heterocycles. The molecule has 0 saturated carbocycles. The highest BCUT2D eigenvalue weighted by molar-refractivity contribution is 6.32. The molecule has 2 N–H and O–H groups in total. The van der Waals surface area contributed by atoms with Gasteiger partial charge >= 0.3 is 0 Å². The fourth-order valence-corrected chi connectivity index (χ4v) is 2.36. The first-order valence-corrected chi connectivity index (χ1v) is 6.47. The van der Waals surface area contributed by atoms with Crippen LogP contribution in [0.5, 0.6) is 11.5 Å². The SMILES string of the molecule is COc1cc(C(N)c2cc(F)cc(F)c2)cc(Cl)c1OC. The van der Waals surface area contributed by atoms with E-state index in [0.717, 1.165) is 6.07 Å². The minimum absolute atomic E-state index is 0.302. The third-order valence-electron chi connectivity index (χ3n) is 3.06. The first-order valence-electron chi connectivity index (χ1n) is 6.09. The second-order valence-corrected chi connectivity index (χ2v) is 4.83. The Labute approximate surface area is 126 Å². The lowest BCUT2D eigenvalue weighted by atomic mass is 9.99. The predicted molar refractivity (Wildman–Crippen MR) is 76.9 cm³/mol. The van der Waals surface area contributed by atoms with Gasteiger partial charge in [0.05, 0.1) is 25.3 Å². The van der Waals surface area contributed by atoms with Crippen LogP contribution < -0.4 is 15.2 Å². The molecule has 0 bridgehead atoms. The summed E-state index contributed by atoms with van der Waals surface area (Å²) in [6.45, 7) is 0. The smallest absolute Gasteiger partial charge is 0.179 e. The average Bonchev–Trinajstić information content (AvgIpc) is 2.44. The van der Waals surface area contributed by atoms with Crippen molar-refractivity contribution in [1.29, 1.82) is 0 Å². The highest BCUT2D eigenvalue weighted by Crippen LogP contribution is 2.38. The number of nitrogens with two attached hydrogens (primary N) is 1. The number of hydrogen-bond donors (Lipinski definition) is 1. The third kappa shape index (κ3) is 3.25. The topological polar surface area (TPSA) is 44.5 Å². The van der Waals surface area contributed by atoms with Crippen LogP contribution in [0.25, 0.3) is 0 Å². The third-order valence-corrected chi connectivity index (χ3v) is 3.34. The van der Waals surface area contributed by atoms with E-state index in [0.29, 0.717) is 27.6 Å². The van der Waals surface area contributed by atoms with Crippen molar-refractivity contribution in [3.63, 3.8) is 0 Å². The van der Waals surface area contributed by atoms with Gasteiger partial charge in [-0.15, -0.1) is 0 Å². The summed E-state index contributed by atoms with van der Waals surface area (Å²) >= 11 is 6.10. The van der Waals surface area contributed by atoms with Crippen molar-refractivity contribution in [2.75, 3.05) is 14.2 Å². The molecule has 0 aromatic heterocycles. The Kier molecular flexibility index (Phi) is 4.65. The highest BCUT2D eigenvalue weighted by Gasteiger charge is 2.17. The molecule has 0 aliphatic carbocycles. The number of methoxy groups -OCH3 is 2. The number of benzene rings is 2. The molecule has 112 valence electrons. The van der Waals surface area contributed by atoms with Crippen LogP contribution in [-0.2, 0) is 0 Å². The molecule has 0 radical (unpaired) electrons. The number of rotatable bonds is 4. The lowest BCUT2D eigenvalue weighted by Crippen LogP contribution is -2.13. The molecule has 1 atom stereocenters. The van der Waals surface area contributed by atoms with E-state index >= 15 is 0 Å². The monoisotopic (exact) mass is 313 g/mol. The van der Waals surface area contributed by atoms with E-state index in [1.165, 1.54) is 26.4 Å². The van der Waals surface area contributed by atoms with Crippen LogP contribution in [0.15, 0.2) is 30.3 Å². The van der Waals surface area contributed by atoms with Crippen LogP contribution >= 0.6 is 11.6 Å². The van der Waals surface area contributed by atoms with Crippen molar-refractivity contribution >= 4 is 11.6 Å². The zero-order valence-corrected chi connectivity index (χ0v) is 12.2. The van der Waals surface area contributed by atoms with E-state index in [4.69, 9.17) is 26.8 Å². The Bertz CT molecular complexity index is 644. The Morgan fingerprint density at radius 2 is 1.52 bits per heavy atom. The second-order valence-electron chi connectivity index (χ2n) is 4.42. The predicted octanol–water partition coefficient (Wildman–Crippen LogP) is 3.68. The Hall–Kier alpha value is -1.85. The number of ether oxygens (including phenoxy) is 2. The van der Waals surface area contributed by atoms with Gasteiger partial charge in [0.2, 0.25) is 0 Å². The van der Waals surface area contributed by atoms with Gasteiger partial charge in [-0.25, -0.2) is 8.78 Å². The lowest BCUT2D eigenvalue weighted by Gasteiger charge is -2.17. The molecule has 0 saturated heterocycles. The van der Waals surface area contributed by atoms with E-state index in [1.54, 1.807) is 12.1 Å². The molecule has 2 rings (SSSR count). The van der Waals surface area contributed by atoms with Gasteiger partial charge in [-0.1, -0.05) is 11.6 Å². The van der Waals surface area contributed by atoms with Gasteiger partial charge < -0.3 is 15.2 Å². The average molecular weight is 314 g/mol. The van der Waals surface area contributed by atoms with Crippen LogP contribution in [0.4, 0.5) is 8.78 Å². The molecule has 0 amide bonds. The van der Waals surface area contributed by atoms with E-state index in [1.807, 2.05) is 0 Å². The van der Waals surface area contributed by atoms with Gasteiger partial charge in [0, 0.05) is 6.07 Å². The second kappa shape index (κ2) is 6.28. The maximum Gasteiger partial charge on any atom is 0.179 e. The first kappa shape index (κ1) is 15.5. The summed E-state index contributed by atoms with van der Waals surface area (Å²) in [6, 6.07) is 5.61. The van der Waals surface area contributed by atoms with Crippen LogP contribution in [0.2, 0.25) is 5.02 Å². The fraction of sp³-hybridized carbons (Fsp3) is 0.200. The normalized spacial score (nSPS) is 12.1. The molecule has 1 unspecified atom stereocenters. The van der Waals surface area contributed by atoms with Crippen LogP contribution in [0.3, 0.4) is 0 Å². The minimum atomic E-state index is -0.743. The van der Waals surface area contributed by atoms with Crippen LogP contribution in [0.1, 0.15) is 17.2 Å². The van der Waals surface area contributed by atoms with Gasteiger partial charge in [-0.05, 0) is 35.4 Å². The van der Waals surface area contributed by atoms with Gasteiger partial charge in [0.1, 0.15) is 11.6 Å². The van der Waals surface area contributed by atoms with E-state index in [-0.39, 0.29) is 0 Å². The molecule has 0 heterocycles. The van der Waals surface area contributed by atoms with Crippen LogP contribution in [0, 0.1) is 11.6 Å². The van der Waals surface area contributed by atoms with Crippen LogP contribution in [-0.4, -0.2) is 14.2 Å². The first-order chi connectivity index (χ1) is 9.96. The molecule has 6 heteroatoms. The van der Waals surface area contributed by atoms with E-state index in [9.17, 15) is 8.78 Å². The number of hydrogen-bond acceptors (Lipinski definition) is 3. The Morgan fingerprint density at radius 1 is 0.952 bits per heavy atom. The van der Waals surface area contributed by atoms with E-state index in [2.05, 4.69) is 0 Å². The van der Waals surface area contributed by atoms with Gasteiger partial charge in [0.25, 0.3) is 0 Å². The van der Waals surface area contributed by atoms with Gasteiger partial charge in [-0.3, -0.25) is 0 Å². The molecular weight excluding hydrogens is 300 g/mol. The molecule has 0 spiro atoms. The standard InChI is InChI=1S/C15H14ClF2NO2/c1-20-13-6-9(5-12(16)15(13)21-2)14(19)8-3-10(17)7-11(18)4-8/h3-7,14H,19H2,1-2H3. The Balaban J connectivity index is 2.48. The van der Waals surface area contributed by atoms with Crippen molar-refractivity contribution in [3.8, 4) is 11.5 Å². The van der Waals surface area contributed by atoms with Gasteiger partial charge in [0.15, 0.2) is 11.5 Å². The molecule has 21 heavy (non-hydrogen) atoms. The molecule has 2 aromatic carbocycles. The van der Waals surface area contributed by atoms with Gasteiger partial charge in [-0.2, -0.15) is 0 Å². The zero-order chi connectivity index (χ0) is 15.6. The largest absolute Gasteiger partial charge is 0.493 e. The van der Waals surface area contributed by atoms with Crippen molar-refractivity contribution < 1.29 is 18.3 Å². The summed E-state index contributed by atoms with van der Waals surface area (Å²) in [5.74, 6) is -0.605. The summed E-state index contributed by atoms with van der Waals surface area (Å²) < 4.78 is 36.9. The van der Waals surface area contributed by atoms with E-state index < -0.39 is 17.7 Å². The fourth-order valence-electron chi connectivity index (χ4n) is 2.06. The molecule has 0 aliphatic rings. The summed E-state index contributed by atoms with van der Waals surface area (Å²) in [6.07, 6.45) is 0. The molecule has 0 fully saturated rings. The summed E-state index contributed by atoms with van der Waals surface area (Å²) in [7, 11) is 2.93.